The van der Waals surface area contributed by atoms with E-state index in [0.717, 1.165) is 6.42 Å². The predicted octanol–water partition coefficient (Wildman–Crippen LogP) is 5.50. The molecule has 0 heterocycles. The normalized spacial score (nSPS) is 11.6. The fourth-order valence-electron chi connectivity index (χ4n) is 3.06. The Morgan fingerprint density at radius 2 is 1.16 bits per heavy atom. The molecule has 3 aromatic rings. The van der Waals surface area contributed by atoms with Crippen LogP contribution in [0.3, 0.4) is 0 Å². The molecule has 0 aliphatic carbocycles. The van der Waals surface area contributed by atoms with Crippen LogP contribution in [0.25, 0.3) is 21.5 Å². The monoisotopic (exact) mass is 248 g/mol. The van der Waals surface area contributed by atoms with Crippen molar-refractivity contribution in [2.75, 3.05) is 0 Å². The average molecular weight is 248 g/mol. The molecule has 0 unspecified atom stereocenters. The van der Waals surface area contributed by atoms with Gasteiger partial charge in [-0.1, -0.05) is 62.4 Å². The summed E-state index contributed by atoms with van der Waals surface area (Å²) in [6.07, 6.45) is 1.14. The van der Waals surface area contributed by atoms with E-state index in [1.165, 1.54) is 32.7 Å². The topological polar surface area (TPSA) is 0 Å². The summed E-state index contributed by atoms with van der Waals surface area (Å²) in [6, 6.07) is 17.6. The molecule has 96 valence electrons. The highest BCUT2D eigenvalue weighted by molar-refractivity contribution is 6.05. The van der Waals surface area contributed by atoms with Crippen molar-refractivity contribution in [3.8, 4) is 0 Å². The van der Waals surface area contributed by atoms with Crippen LogP contribution in [0, 0.1) is 12.8 Å². The van der Waals surface area contributed by atoms with Gasteiger partial charge in [0.05, 0.1) is 0 Å². The van der Waals surface area contributed by atoms with Crippen molar-refractivity contribution >= 4 is 21.5 Å². The second-order valence-electron chi connectivity index (χ2n) is 5.79. The van der Waals surface area contributed by atoms with Crippen LogP contribution in [0.15, 0.2) is 48.5 Å². The van der Waals surface area contributed by atoms with E-state index in [1.807, 2.05) is 0 Å². The smallest absolute Gasteiger partial charge is 0.0143 e. The van der Waals surface area contributed by atoms with Gasteiger partial charge in [0.1, 0.15) is 0 Å². The van der Waals surface area contributed by atoms with Gasteiger partial charge in [-0.15, -0.1) is 0 Å². The molecular weight excluding hydrogens is 228 g/mol. The first-order chi connectivity index (χ1) is 9.18. The van der Waals surface area contributed by atoms with Gasteiger partial charge in [-0.05, 0) is 51.9 Å². The average Bonchev–Trinajstić information content (AvgIpc) is 2.43. The summed E-state index contributed by atoms with van der Waals surface area (Å²) in [4.78, 5) is 0. The van der Waals surface area contributed by atoms with Crippen LogP contribution in [-0.2, 0) is 6.42 Å². The van der Waals surface area contributed by atoms with Crippen molar-refractivity contribution in [3.05, 3.63) is 59.7 Å². The second-order valence-corrected chi connectivity index (χ2v) is 5.79. The summed E-state index contributed by atoms with van der Waals surface area (Å²) < 4.78 is 0. The minimum absolute atomic E-state index is 0.675. The molecule has 0 N–H and O–H groups in total. The Hall–Kier alpha value is -1.82. The molecule has 0 saturated heterocycles. The molecule has 3 rings (SSSR count). The van der Waals surface area contributed by atoms with Crippen molar-refractivity contribution < 1.29 is 0 Å². The molecule has 0 bridgehead atoms. The SMILES string of the molecule is Cc1c2ccccc2c(CC(C)C)c2ccccc12. The number of benzene rings is 3. The summed E-state index contributed by atoms with van der Waals surface area (Å²) in [6.45, 7) is 6.83. The molecule has 0 heteroatoms. The van der Waals surface area contributed by atoms with Gasteiger partial charge in [0.25, 0.3) is 0 Å². The summed E-state index contributed by atoms with van der Waals surface area (Å²) >= 11 is 0. The minimum atomic E-state index is 0.675. The highest BCUT2D eigenvalue weighted by Gasteiger charge is 2.11. The first-order valence-corrected chi connectivity index (χ1v) is 7.07. The van der Waals surface area contributed by atoms with Gasteiger partial charge in [-0.3, -0.25) is 0 Å². The largest absolute Gasteiger partial charge is 0.0625 e. The lowest BCUT2D eigenvalue weighted by Gasteiger charge is -2.16. The van der Waals surface area contributed by atoms with Crippen LogP contribution in [0.1, 0.15) is 25.0 Å². The number of hydrogen-bond acceptors (Lipinski definition) is 0. The minimum Gasteiger partial charge on any atom is -0.0625 e. The number of rotatable bonds is 2. The summed E-state index contributed by atoms with van der Waals surface area (Å²) in [5.41, 5.74) is 2.91. The predicted molar refractivity (Wildman–Crippen MR) is 84.7 cm³/mol. The fraction of sp³-hybridized carbons (Fsp3) is 0.263. The van der Waals surface area contributed by atoms with Crippen LogP contribution in [0.5, 0.6) is 0 Å². The summed E-state index contributed by atoms with van der Waals surface area (Å²) in [5.74, 6) is 0.675. The Bertz CT molecular complexity index is 678. The van der Waals surface area contributed by atoms with Crippen LogP contribution < -0.4 is 0 Å². The second kappa shape index (κ2) is 4.70. The molecular formula is C19H20. The number of aryl methyl sites for hydroxylation is 1. The van der Waals surface area contributed by atoms with Gasteiger partial charge in [0.2, 0.25) is 0 Å². The van der Waals surface area contributed by atoms with Crippen LogP contribution in [0.4, 0.5) is 0 Å². The van der Waals surface area contributed by atoms with E-state index < -0.39 is 0 Å². The lowest BCUT2D eigenvalue weighted by atomic mass is 9.88. The molecule has 0 aromatic heterocycles. The van der Waals surface area contributed by atoms with Crippen molar-refractivity contribution in [3.63, 3.8) is 0 Å². The third-order valence-corrected chi connectivity index (χ3v) is 3.92. The van der Waals surface area contributed by atoms with E-state index in [9.17, 15) is 0 Å². The highest BCUT2D eigenvalue weighted by Crippen LogP contribution is 2.33. The lowest BCUT2D eigenvalue weighted by molar-refractivity contribution is 0.653. The zero-order valence-corrected chi connectivity index (χ0v) is 11.9. The Kier molecular flexibility index (Phi) is 3.02. The van der Waals surface area contributed by atoms with Crippen molar-refractivity contribution in [2.24, 2.45) is 5.92 Å². The Morgan fingerprint density at radius 3 is 1.58 bits per heavy atom. The maximum atomic E-state index is 2.30. The Labute approximate surface area is 115 Å². The quantitative estimate of drug-likeness (QED) is 0.525. The number of fused-ring (bicyclic) bond motifs is 2. The number of hydrogen-bond donors (Lipinski definition) is 0. The van der Waals surface area contributed by atoms with Gasteiger partial charge in [-0.2, -0.15) is 0 Å². The molecule has 0 aliphatic rings. The third kappa shape index (κ3) is 2.02. The molecule has 3 aromatic carbocycles. The van der Waals surface area contributed by atoms with Crippen LogP contribution in [0.2, 0.25) is 0 Å². The maximum Gasteiger partial charge on any atom is -0.0143 e. The molecule has 0 atom stereocenters. The van der Waals surface area contributed by atoms with Crippen molar-refractivity contribution in [1.82, 2.24) is 0 Å². The Morgan fingerprint density at radius 1 is 0.737 bits per heavy atom. The molecule has 0 radical (unpaired) electrons. The zero-order valence-electron chi connectivity index (χ0n) is 11.9. The van der Waals surface area contributed by atoms with Gasteiger partial charge < -0.3 is 0 Å². The molecule has 0 fully saturated rings. The van der Waals surface area contributed by atoms with Gasteiger partial charge >= 0.3 is 0 Å². The standard InChI is InChI=1S/C19H20/c1-13(2)12-19-17-10-6-4-8-15(17)14(3)16-9-5-7-11-18(16)19/h4-11,13H,12H2,1-3H3. The maximum absolute atomic E-state index is 2.30. The summed E-state index contributed by atoms with van der Waals surface area (Å²) in [7, 11) is 0. The third-order valence-electron chi connectivity index (χ3n) is 3.92. The van der Waals surface area contributed by atoms with E-state index in [4.69, 9.17) is 0 Å². The van der Waals surface area contributed by atoms with E-state index in [2.05, 4.69) is 69.3 Å². The molecule has 0 saturated carbocycles. The van der Waals surface area contributed by atoms with E-state index in [0.29, 0.717) is 5.92 Å². The lowest BCUT2D eigenvalue weighted by Crippen LogP contribution is -1.98. The van der Waals surface area contributed by atoms with E-state index in [1.54, 1.807) is 0 Å². The van der Waals surface area contributed by atoms with E-state index in [-0.39, 0.29) is 0 Å². The highest BCUT2D eigenvalue weighted by atomic mass is 14.2. The summed E-state index contributed by atoms with van der Waals surface area (Å²) in [5, 5.41) is 5.65. The fourth-order valence-corrected chi connectivity index (χ4v) is 3.06. The Balaban J connectivity index is 2.49. The van der Waals surface area contributed by atoms with E-state index >= 15 is 0 Å². The van der Waals surface area contributed by atoms with Gasteiger partial charge in [-0.25, -0.2) is 0 Å². The van der Waals surface area contributed by atoms with Crippen molar-refractivity contribution in [1.29, 1.82) is 0 Å². The molecule has 0 nitrogen and oxygen atoms in total. The molecule has 19 heavy (non-hydrogen) atoms. The van der Waals surface area contributed by atoms with Crippen LogP contribution >= 0.6 is 0 Å². The van der Waals surface area contributed by atoms with Crippen molar-refractivity contribution in [2.45, 2.75) is 27.2 Å². The molecule has 0 amide bonds. The molecule has 0 aliphatic heterocycles. The first kappa shape index (κ1) is 12.2. The molecule has 0 spiro atoms. The first-order valence-electron chi connectivity index (χ1n) is 7.07. The van der Waals surface area contributed by atoms with Gasteiger partial charge in [0, 0.05) is 0 Å². The van der Waals surface area contributed by atoms with Crippen LogP contribution in [-0.4, -0.2) is 0 Å². The van der Waals surface area contributed by atoms with Gasteiger partial charge in [0.15, 0.2) is 0 Å². The zero-order chi connectivity index (χ0) is 13.4.